The molecule has 2 rings (SSSR count). The van der Waals surface area contributed by atoms with Gasteiger partial charge in [-0.25, -0.2) is 4.79 Å². The number of hydrogen-bond acceptors (Lipinski definition) is 5. The van der Waals surface area contributed by atoms with E-state index in [4.69, 9.17) is 4.74 Å². The van der Waals surface area contributed by atoms with Gasteiger partial charge in [0.2, 0.25) is 0 Å². The Bertz CT molecular complexity index is 680. The van der Waals surface area contributed by atoms with Crippen LogP contribution in [0.1, 0.15) is 39.7 Å². The largest absolute Gasteiger partial charge is 0.444 e. The summed E-state index contributed by atoms with van der Waals surface area (Å²) in [6, 6.07) is 7.70. The molecule has 162 valence electrons. The third kappa shape index (κ3) is 8.95. The van der Waals surface area contributed by atoms with Crippen molar-refractivity contribution in [1.82, 2.24) is 10.6 Å². The van der Waals surface area contributed by atoms with E-state index in [-0.39, 0.29) is 0 Å². The second-order valence-electron chi connectivity index (χ2n) is 8.22. The molecule has 7 nitrogen and oxygen atoms in total. The summed E-state index contributed by atoms with van der Waals surface area (Å²) < 4.78 is 5.25. The second-order valence-corrected chi connectivity index (χ2v) is 9.33. The summed E-state index contributed by atoms with van der Waals surface area (Å²) in [5, 5.41) is 19.7. The first kappa shape index (κ1) is 23.3. The zero-order chi connectivity index (χ0) is 21.3. The fourth-order valence-corrected chi connectivity index (χ4v) is 4.07. The molecule has 0 bridgehead atoms. The molecular weight excluding hydrogens is 388 g/mol. The van der Waals surface area contributed by atoms with Crippen molar-refractivity contribution >= 4 is 29.5 Å². The second kappa shape index (κ2) is 10.7. The van der Waals surface area contributed by atoms with Crippen molar-refractivity contribution in [3.05, 3.63) is 29.8 Å². The molecule has 1 unspecified atom stereocenters. The predicted octanol–water partition coefficient (Wildman–Crippen LogP) is 3.00. The van der Waals surface area contributed by atoms with Gasteiger partial charge in [0.25, 0.3) is 0 Å². The first-order chi connectivity index (χ1) is 13.7. The number of aliphatic imine (C=N–C) groups is 1. The number of carbonyl (C=O) groups is 1. The van der Waals surface area contributed by atoms with Crippen LogP contribution >= 0.6 is 11.8 Å². The van der Waals surface area contributed by atoms with Crippen LogP contribution in [-0.2, 0) is 11.2 Å². The maximum Gasteiger partial charge on any atom is 0.412 e. The van der Waals surface area contributed by atoms with E-state index in [1.54, 1.807) is 11.8 Å². The predicted molar refractivity (Wildman–Crippen MR) is 121 cm³/mol. The molecule has 0 radical (unpaired) electrons. The maximum atomic E-state index is 11.8. The molecule has 1 fully saturated rings. The topological polar surface area (TPSA) is 95.0 Å². The molecule has 29 heavy (non-hydrogen) atoms. The maximum absolute atomic E-state index is 11.8. The van der Waals surface area contributed by atoms with E-state index in [2.05, 4.69) is 20.9 Å². The van der Waals surface area contributed by atoms with Crippen LogP contribution in [0, 0.1) is 0 Å². The average molecular weight is 423 g/mol. The number of benzene rings is 1. The Hall–Kier alpha value is -1.93. The van der Waals surface area contributed by atoms with Gasteiger partial charge in [0.1, 0.15) is 5.60 Å². The van der Waals surface area contributed by atoms with Crippen molar-refractivity contribution in [2.45, 2.75) is 51.7 Å². The molecule has 0 saturated carbocycles. The number of ether oxygens (including phenoxy) is 1. The van der Waals surface area contributed by atoms with E-state index in [0.29, 0.717) is 12.2 Å². The van der Waals surface area contributed by atoms with Crippen LogP contribution in [0.4, 0.5) is 10.5 Å². The molecule has 8 heteroatoms. The van der Waals surface area contributed by atoms with Crippen molar-refractivity contribution in [2.75, 3.05) is 36.5 Å². The molecular formula is C21H34N4O3S. The molecule has 1 saturated heterocycles. The minimum Gasteiger partial charge on any atom is -0.444 e. The van der Waals surface area contributed by atoms with Gasteiger partial charge in [-0.2, -0.15) is 11.8 Å². The van der Waals surface area contributed by atoms with Crippen LogP contribution in [0.5, 0.6) is 0 Å². The monoisotopic (exact) mass is 422 g/mol. The summed E-state index contributed by atoms with van der Waals surface area (Å²) in [4.78, 5) is 16.4. The molecule has 1 atom stereocenters. The number of amides is 1. The average Bonchev–Trinajstić information content (AvgIpc) is 3.06. The fourth-order valence-electron chi connectivity index (χ4n) is 2.79. The highest BCUT2D eigenvalue weighted by atomic mass is 32.2. The lowest BCUT2D eigenvalue weighted by atomic mass is 10.1. The Morgan fingerprint density at radius 2 is 2.00 bits per heavy atom. The van der Waals surface area contributed by atoms with Crippen LogP contribution < -0.4 is 16.0 Å². The van der Waals surface area contributed by atoms with Crippen LogP contribution in [0.25, 0.3) is 0 Å². The van der Waals surface area contributed by atoms with Gasteiger partial charge in [-0.15, -0.1) is 0 Å². The van der Waals surface area contributed by atoms with Crippen molar-refractivity contribution in [2.24, 2.45) is 4.99 Å². The lowest BCUT2D eigenvalue weighted by Crippen LogP contribution is -2.40. The van der Waals surface area contributed by atoms with Gasteiger partial charge in [0.05, 0.1) is 12.1 Å². The Kier molecular flexibility index (Phi) is 8.64. The number of aliphatic hydroxyl groups is 1. The van der Waals surface area contributed by atoms with Gasteiger partial charge < -0.3 is 20.5 Å². The van der Waals surface area contributed by atoms with Crippen molar-refractivity contribution in [1.29, 1.82) is 0 Å². The third-order valence-electron chi connectivity index (χ3n) is 4.26. The van der Waals surface area contributed by atoms with Gasteiger partial charge in [-0.1, -0.05) is 12.1 Å². The number of thioether (sulfide) groups is 1. The number of hydrogen-bond donors (Lipinski definition) is 4. The zero-order valence-corrected chi connectivity index (χ0v) is 18.7. The first-order valence-corrected chi connectivity index (χ1v) is 11.3. The van der Waals surface area contributed by atoms with Crippen molar-refractivity contribution < 1.29 is 14.6 Å². The first-order valence-electron chi connectivity index (χ1n) is 10.1. The molecule has 0 aromatic heterocycles. The Balaban J connectivity index is 1.79. The van der Waals surface area contributed by atoms with E-state index in [1.807, 2.05) is 52.0 Å². The van der Waals surface area contributed by atoms with Crippen molar-refractivity contribution in [3.8, 4) is 0 Å². The number of rotatable bonds is 7. The molecule has 1 aromatic carbocycles. The van der Waals surface area contributed by atoms with Gasteiger partial charge in [0, 0.05) is 24.5 Å². The number of nitrogens with zero attached hydrogens (tertiary/aromatic N) is 1. The van der Waals surface area contributed by atoms with Crippen LogP contribution in [-0.4, -0.2) is 59.5 Å². The lowest BCUT2D eigenvalue weighted by Gasteiger charge is -2.20. The van der Waals surface area contributed by atoms with Crippen LogP contribution in [0.15, 0.2) is 29.3 Å². The number of nitrogens with one attached hydrogen (secondary N) is 3. The Morgan fingerprint density at radius 3 is 2.59 bits per heavy atom. The van der Waals surface area contributed by atoms with Crippen molar-refractivity contribution in [3.63, 3.8) is 0 Å². The summed E-state index contributed by atoms with van der Waals surface area (Å²) in [7, 11) is 0. The summed E-state index contributed by atoms with van der Waals surface area (Å²) in [6.45, 7) is 9.43. The van der Waals surface area contributed by atoms with Gasteiger partial charge in [0.15, 0.2) is 5.96 Å². The van der Waals surface area contributed by atoms with E-state index < -0.39 is 17.3 Å². The highest BCUT2D eigenvalue weighted by Gasteiger charge is 2.31. The fraction of sp³-hybridized carbons (Fsp3) is 0.619. The molecule has 1 heterocycles. The minimum atomic E-state index is -0.677. The van der Waals surface area contributed by atoms with Gasteiger partial charge >= 0.3 is 6.09 Å². The third-order valence-corrected chi connectivity index (χ3v) is 5.50. The highest BCUT2D eigenvalue weighted by molar-refractivity contribution is 7.99. The summed E-state index contributed by atoms with van der Waals surface area (Å²) in [6.07, 6.45) is 1.15. The highest BCUT2D eigenvalue weighted by Crippen LogP contribution is 2.27. The minimum absolute atomic E-state index is 0.417. The molecule has 1 aromatic rings. The Labute approximate surface area is 178 Å². The van der Waals surface area contributed by atoms with Gasteiger partial charge in [-0.3, -0.25) is 10.3 Å². The van der Waals surface area contributed by atoms with Gasteiger partial charge in [-0.05, 0) is 64.0 Å². The van der Waals surface area contributed by atoms with E-state index in [0.717, 1.165) is 49.0 Å². The standard InChI is InChI=1S/C21H34N4O3S/c1-5-22-18(24-14-21(27)11-13-29-15-21)23-12-10-16-6-8-17(9-7-16)25-19(26)28-20(2,3)4/h6-9,27H,5,10-15H2,1-4H3,(H,25,26)(H2,22,23,24). The Morgan fingerprint density at radius 1 is 1.28 bits per heavy atom. The summed E-state index contributed by atoms with van der Waals surface area (Å²) >= 11 is 1.77. The molecule has 1 aliphatic heterocycles. The van der Waals surface area contributed by atoms with E-state index in [1.165, 1.54) is 0 Å². The smallest absolute Gasteiger partial charge is 0.412 e. The SMILES string of the molecule is CCNC(=NCC1(O)CCSC1)NCCc1ccc(NC(=O)OC(C)(C)C)cc1. The normalized spacial score (nSPS) is 19.7. The lowest BCUT2D eigenvalue weighted by molar-refractivity contribution is 0.0635. The number of guanidine groups is 1. The quantitative estimate of drug-likeness (QED) is 0.399. The van der Waals surface area contributed by atoms with E-state index in [9.17, 15) is 9.90 Å². The molecule has 0 aliphatic carbocycles. The zero-order valence-electron chi connectivity index (χ0n) is 17.9. The number of anilines is 1. The summed E-state index contributed by atoms with van der Waals surface area (Å²) in [5.41, 5.74) is 0.653. The number of carbonyl (C=O) groups excluding carboxylic acids is 1. The van der Waals surface area contributed by atoms with Crippen LogP contribution in [0.3, 0.4) is 0 Å². The molecule has 0 spiro atoms. The van der Waals surface area contributed by atoms with E-state index >= 15 is 0 Å². The molecule has 1 amide bonds. The van der Waals surface area contributed by atoms with Crippen LogP contribution in [0.2, 0.25) is 0 Å². The molecule has 1 aliphatic rings. The summed E-state index contributed by atoms with van der Waals surface area (Å²) in [5.74, 6) is 2.47. The molecule has 4 N–H and O–H groups in total.